The Balaban J connectivity index is 1.46. The van der Waals surface area contributed by atoms with Crippen molar-refractivity contribution in [1.82, 2.24) is 5.32 Å². The first-order valence-electron chi connectivity index (χ1n) is 8.10. The Morgan fingerprint density at radius 2 is 1.92 bits per heavy atom. The number of nitrogens with one attached hydrogen (secondary N) is 2. The van der Waals surface area contributed by atoms with E-state index in [4.69, 9.17) is 4.74 Å². The van der Waals surface area contributed by atoms with Gasteiger partial charge in [0.2, 0.25) is 0 Å². The largest absolute Gasteiger partial charge is 0.488 e. The first-order valence-corrected chi connectivity index (χ1v) is 8.10. The molecule has 0 unspecified atom stereocenters. The molecule has 0 aromatic heterocycles. The van der Waals surface area contributed by atoms with Crippen molar-refractivity contribution in [2.24, 2.45) is 0 Å². The van der Waals surface area contributed by atoms with Gasteiger partial charge in [0.05, 0.1) is 5.57 Å². The minimum Gasteiger partial charge on any atom is -0.488 e. The van der Waals surface area contributed by atoms with Gasteiger partial charge >= 0.3 is 6.03 Å². The average Bonchev–Trinajstić information content (AvgIpc) is 3.08. The van der Waals surface area contributed by atoms with Gasteiger partial charge in [-0.2, -0.15) is 0 Å². The number of rotatable bonds is 3. The van der Waals surface area contributed by atoms with Crippen molar-refractivity contribution in [3.05, 3.63) is 59.7 Å². The van der Waals surface area contributed by atoms with E-state index >= 15 is 0 Å². The van der Waals surface area contributed by atoms with Crippen LogP contribution in [0.3, 0.4) is 0 Å². The number of urea groups is 1. The molecule has 2 aromatic rings. The minimum absolute atomic E-state index is 0.0973. The fraction of sp³-hybridized carbons (Fsp3) is 0.158. The van der Waals surface area contributed by atoms with Crippen LogP contribution in [0.4, 0.5) is 16.2 Å². The van der Waals surface area contributed by atoms with Crippen LogP contribution in [0.2, 0.25) is 0 Å². The first kappa shape index (κ1) is 15.3. The van der Waals surface area contributed by atoms with Crippen molar-refractivity contribution in [2.45, 2.75) is 0 Å². The molecule has 4 rings (SSSR count). The lowest BCUT2D eigenvalue weighted by Gasteiger charge is -2.18. The monoisotopic (exact) mass is 335 g/mol. The predicted molar refractivity (Wildman–Crippen MR) is 95.7 cm³/mol. The number of ether oxygens (including phenoxy) is 1. The van der Waals surface area contributed by atoms with E-state index in [9.17, 15) is 9.59 Å². The second-order valence-corrected chi connectivity index (χ2v) is 5.88. The fourth-order valence-corrected chi connectivity index (χ4v) is 2.90. The summed E-state index contributed by atoms with van der Waals surface area (Å²) in [6, 6.07) is 14.7. The van der Waals surface area contributed by atoms with Crippen LogP contribution < -0.4 is 20.3 Å². The summed E-state index contributed by atoms with van der Waals surface area (Å²) in [7, 11) is 0. The molecule has 0 atom stereocenters. The molecule has 2 aromatic carbocycles. The van der Waals surface area contributed by atoms with Gasteiger partial charge in [-0.25, -0.2) is 4.79 Å². The smallest absolute Gasteiger partial charge is 0.321 e. The predicted octanol–water partition coefficient (Wildman–Crippen LogP) is 2.63. The molecular weight excluding hydrogens is 318 g/mol. The zero-order valence-electron chi connectivity index (χ0n) is 13.5. The molecule has 0 bridgehead atoms. The molecule has 126 valence electrons. The van der Waals surface area contributed by atoms with E-state index in [0.29, 0.717) is 24.4 Å². The van der Waals surface area contributed by atoms with Crippen molar-refractivity contribution in [1.29, 1.82) is 0 Å². The summed E-state index contributed by atoms with van der Waals surface area (Å²) in [5, 5.41) is 5.63. The third kappa shape index (κ3) is 3.06. The van der Waals surface area contributed by atoms with Gasteiger partial charge in [0, 0.05) is 30.0 Å². The Kier molecular flexibility index (Phi) is 3.85. The lowest BCUT2D eigenvalue weighted by atomic mass is 10.1. The molecule has 0 saturated carbocycles. The number of amides is 3. The summed E-state index contributed by atoms with van der Waals surface area (Å²) in [6.07, 6.45) is 1.84. The number of hydrogen-bond donors (Lipinski definition) is 2. The highest BCUT2D eigenvalue weighted by molar-refractivity contribution is 6.07. The highest BCUT2D eigenvalue weighted by Crippen LogP contribution is 2.26. The van der Waals surface area contributed by atoms with Crippen LogP contribution in [0.25, 0.3) is 6.08 Å². The van der Waals surface area contributed by atoms with Gasteiger partial charge in [-0.1, -0.05) is 18.2 Å². The van der Waals surface area contributed by atoms with Crippen LogP contribution in [-0.4, -0.2) is 31.6 Å². The Morgan fingerprint density at radius 3 is 2.68 bits per heavy atom. The van der Waals surface area contributed by atoms with Gasteiger partial charge in [-0.05, 0) is 36.4 Å². The second kappa shape index (κ2) is 6.32. The molecule has 0 radical (unpaired) electrons. The van der Waals surface area contributed by atoms with Gasteiger partial charge in [0.1, 0.15) is 12.4 Å². The summed E-state index contributed by atoms with van der Waals surface area (Å²) in [6.45, 7) is 1.54. The summed E-state index contributed by atoms with van der Waals surface area (Å²) in [4.78, 5) is 25.8. The lowest BCUT2D eigenvalue weighted by molar-refractivity contribution is -0.113. The number of anilines is 2. The van der Waals surface area contributed by atoms with E-state index in [1.807, 2.05) is 42.5 Å². The maximum Gasteiger partial charge on any atom is 0.321 e. The minimum atomic E-state index is -0.193. The number of hydrogen-bond acceptors (Lipinski definition) is 3. The van der Waals surface area contributed by atoms with E-state index in [-0.39, 0.29) is 18.5 Å². The van der Waals surface area contributed by atoms with Crippen LogP contribution in [0.5, 0.6) is 5.75 Å². The lowest BCUT2D eigenvalue weighted by Crippen LogP contribution is -2.27. The van der Waals surface area contributed by atoms with Gasteiger partial charge in [0.15, 0.2) is 0 Å². The molecule has 3 amide bonds. The Labute approximate surface area is 145 Å². The van der Waals surface area contributed by atoms with Crippen molar-refractivity contribution < 1.29 is 14.3 Å². The first-order chi connectivity index (χ1) is 12.2. The van der Waals surface area contributed by atoms with Crippen LogP contribution in [0.15, 0.2) is 54.1 Å². The van der Waals surface area contributed by atoms with E-state index < -0.39 is 0 Å². The molecule has 1 saturated heterocycles. The normalized spacial score (nSPS) is 15.8. The SMILES string of the molecule is O=C(Nc1ccc(N2CCNC2=O)cc1)C1=Cc2ccccc2OC1. The number of benzene rings is 2. The standard InChI is InChI=1S/C19H17N3O3/c23-18(14-11-13-3-1-2-4-17(13)25-12-14)21-15-5-7-16(8-6-15)22-10-9-20-19(22)24/h1-8,11H,9-10,12H2,(H,20,24)(H,21,23). The van der Waals surface area contributed by atoms with E-state index in [2.05, 4.69) is 10.6 Å². The topological polar surface area (TPSA) is 70.7 Å². The molecule has 2 heterocycles. The maximum absolute atomic E-state index is 12.4. The van der Waals surface area contributed by atoms with Crippen LogP contribution >= 0.6 is 0 Å². The second-order valence-electron chi connectivity index (χ2n) is 5.88. The Bertz CT molecular complexity index is 858. The third-order valence-electron chi connectivity index (χ3n) is 4.22. The molecule has 6 nitrogen and oxygen atoms in total. The Hall–Kier alpha value is -3.28. The summed E-state index contributed by atoms with van der Waals surface area (Å²) < 4.78 is 5.61. The summed E-state index contributed by atoms with van der Waals surface area (Å²) in [5.74, 6) is 0.591. The van der Waals surface area contributed by atoms with Crippen LogP contribution in [0, 0.1) is 0 Å². The van der Waals surface area contributed by atoms with E-state index in [1.54, 1.807) is 17.0 Å². The van der Waals surface area contributed by atoms with Gasteiger partial charge in [0.25, 0.3) is 5.91 Å². The maximum atomic E-state index is 12.4. The van der Waals surface area contributed by atoms with Gasteiger partial charge < -0.3 is 15.4 Å². The molecule has 6 heteroatoms. The van der Waals surface area contributed by atoms with Crippen molar-refractivity contribution in [2.75, 3.05) is 29.9 Å². The molecule has 2 aliphatic heterocycles. The number of para-hydroxylation sites is 1. The quantitative estimate of drug-likeness (QED) is 0.906. The van der Waals surface area contributed by atoms with Crippen molar-refractivity contribution in [3.8, 4) is 5.75 Å². The highest BCUT2D eigenvalue weighted by Gasteiger charge is 2.21. The zero-order chi connectivity index (χ0) is 17.2. The Morgan fingerprint density at radius 1 is 1.12 bits per heavy atom. The van der Waals surface area contributed by atoms with Crippen LogP contribution in [-0.2, 0) is 4.79 Å². The van der Waals surface area contributed by atoms with Crippen molar-refractivity contribution >= 4 is 29.4 Å². The molecule has 0 aliphatic carbocycles. The summed E-state index contributed by atoms with van der Waals surface area (Å²) >= 11 is 0. The number of carbonyl (C=O) groups excluding carboxylic acids is 2. The van der Waals surface area contributed by atoms with Gasteiger partial charge in [-0.15, -0.1) is 0 Å². The third-order valence-corrected chi connectivity index (χ3v) is 4.22. The number of nitrogens with zero attached hydrogens (tertiary/aromatic N) is 1. The van der Waals surface area contributed by atoms with Crippen LogP contribution in [0.1, 0.15) is 5.56 Å². The zero-order valence-corrected chi connectivity index (χ0v) is 13.5. The molecule has 0 spiro atoms. The summed E-state index contributed by atoms with van der Waals surface area (Å²) in [5.41, 5.74) is 2.95. The highest BCUT2D eigenvalue weighted by atomic mass is 16.5. The molecule has 2 N–H and O–H groups in total. The number of fused-ring (bicyclic) bond motifs is 1. The molecule has 25 heavy (non-hydrogen) atoms. The van der Waals surface area contributed by atoms with E-state index in [1.165, 1.54) is 0 Å². The fourth-order valence-electron chi connectivity index (χ4n) is 2.90. The molecule has 1 fully saturated rings. The number of carbonyl (C=O) groups is 2. The van der Waals surface area contributed by atoms with E-state index in [0.717, 1.165) is 17.0 Å². The average molecular weight is 335 g/mol. The molecular formula is C19H17N3O3. The molecule has 2 aliphatic rings. The van der Waals surface area contributed by atoms with Gasteiger partial charge in [-0.3, -0.25) is 9.69 Å². The van der Waals surface area contributed by atoms with Crippen molar-refractivity contribution in [3.63, 3.8) is 0 Å².